The second-order valence-corrected chi connectivity index (χ2v) is 6.78. The van der Waals surface area contributed by atoms with Gasteiger partial charge in [0, 0.05) is 5.69 Å². The first-order valence-corrected chi connectivity index (χ1v) is 9.22. The fourth-order valence-corrected chi connectivity index (χ4v) is 2.73. The monoisotopic (exact) mass is 407 g/mol. The molecule has 0 saturated heterocycles. The van der Waals surface area contributed by atoms with Gasteiger partial charge in [-0.3, -0.25) is 14.9 Å². The Bertz CT molecular complexity index is 1100. The number of nitro groups is 1. The SMILES string of the molecule is Cc1ccc(NC(=O)COc2ccc(/C=C/c3onc(C)c3[N+](=O)[O-])cc2)cc1C. The van der Waals surface area contributed by atoms with Crippen LogP contribution >= 0.6 is 0 Å². The molecule has 0 radical (unpaired) electrons. The Labute approximate surface area is 173 Å². The van der Waals surface area contributed by atoms with Crippen molar-refractivity contribution in [2.45, 2.75) is 20.8 Å². The molecule has 0 aliphatic rings. The summed E-state index contributed by atoms with van der Waals surface area (Å²) in [5.41, 5.74) is 3.84. The maximum Gasteiger partial charge on any atom is 0.338 e. The van der Waals surface area contributed by atoms with E-state index in [0.29, 0.717) is 5.75 Å². The molecule has 0 unspecified atom stereocenters. The number of rotatable bonds is 7. The van der Waals surface area contributed by atoms with E-state index in [1.807, 2.05) is 32.0 Å². The van der Waals surface area contributed by atoms with Gasteiger partial charge >= 0.3 is 5.69 Å². The molecule has 1 heterocycles. The van der Waals surface area contributed by atoms with Crippen LogP contribution in [-0.4, -0.2) is 22.6 Å². The van der Waals surface area contributed by atoms with Gasteiger partial charge in [-0.2, -0.15) is 0 Å². The summed E-state index contributed by atoms with van der Waals surface area (Å²) in [4.78, 5) is 22.6. The van der Waals surface area contributed by atoms with E-state index >= 15 is 0 Å². The van der Waals surface area contributed by atoms with Gasteiger partial charge < -0.3 is 14.6 Å². The molecule has 0 saturated carbocycles. The number of aryl methyl sites for hydroxylation is 3. The van der Waals surface area contributed by atoms with Crippen molar-refractivity contribution >= 4 is 29.4 Å². The van der Waals surface area contributed by atoms with Crippen LogP contribution in [0.15, 0.2) is 47.0 Å². The van der Waals surface area contributed by atoms with Crippen LogP contribution in [0.1, 0.15) is 28.1 Å². The highest BCUT2D eigenvalue weighted by Gasteiger charge is 2.21. The van der Waals surface area contributed by atoms with Crippen molar-refractivity contribution in [1.29, 1.82) is 0 Å². The zero-order valence-corrected chi connectivity index (χ0v) is 16.8. The summed E-state index contributed by atoms with van der Waals surface area (Å²) < 4.78 is 10.5. The lowest BCUT2D eigenvalue weighted by Gasteiger charge is -2.09. The molecule has 8 nitrogen and oxygen atoms in total. The number of nitrogens with one attached hydrogen (secondary N) is 1. The van der Waals surface area contributed by atoms with Gasteiger partial charge in [-0.15, -0.1) is 0 Å². The number of hydrogen-bond donors (Lipinski definition) is 1. The molecule has 1 amide bonds. The molecule has 1 N–H and O–H groups in total. The molecular formula is C22H21N3O5. The maximum absolute atomic E-state index is 12.1. The second-order valence-electron chi connectivity index (χ2n) is 6.78. The van der Waals surface area contributed by atoms with Gasteiger partial charge in [0.05, 0.1) is 4.92 Å². The zero-order valence-electron chi connectivity index (χ0n) is 16.8. The lowest BCUT2D eigenvalue weighted by Crippen LogP contribution is -2.20. The van der Waals surface area contributed by atoms with E-state index in [9.17, 15) is 14.9 Å². The molecule has 30 heavy (non-hydrogen) atoms. The Morgan fingerprint density at radius 1 is 1.13 bits per heavy atom. The first-order valence-electron chi connectivity index (χ1n) is 9.22. The van der Waals surface area contributed by atoms with Crippen molar-refractivity contribution in [2.75, 3.05) is 11.9 Å². The van der Waals surface area contributed by atoms with Gasteiger partial charge in [0.1, 0.15) is 5.75 Å². The van der Waals surface area contributed by atoms with E-state index in [0.717, 1.165) is 22.4 Å². The van der Waals surface area contributed by atoms with Crippen molar-refractivity contribution in [3.05, 3.63) is 80.7 Å². The molecule has 0 fully saturated rings. The minimum atomic E-state index is -0.522. The summed E-state index contributed by atoms with van der Waals surface area (Å²) in [5, 5.41) is 17.5. The predicted molar refractivity (Wildman–Crippen MR) is 113 cm³/mol. The van der Waals surface area contributed by atoms with Crippen LogP contribution in [-0.2, 0) is 4.79 Å². The first-order chi connectivity index (χ1) is 14.3. The molecule has 1 aromatic heterocycles. The summed E-state index contributed by atoms with van der Waals surface area (Å²) in [7, 11) is 0. The Morgan fingerprint density at radius 3 is 2.53 bits per heavy atom. The van der Waals surface area contributed by atoms with Crippen LogP contribution in [0.4, 0.5) is 11.4 Å². The zero-order chi connectivity index (χ0) is 21.7. The summed E-state index contributed by atoms with van der Waals surface area (Å²) in [6, 6.07) is 12.7. The molecular weight excluding hydrogens is 386 g/mol. The molecule has 0 aliphatic carbocycles. The summed E-state index contributed by atoms with van der Waals surface area (Å²) in [5.74, 6) is 0.361. The first kappa shape index (κ1) is 20.8. The van der Waals surface area contributed by atoms with Crippen LogP contribution in [0.5, 0.6) is 5.75 Å². The Morgan fingerprint density at radius 2 is 1.87 bits per heavy atom. The number of amides is 1. The molecule has 154 valence electrons. The molecule has 0 bridgehead atoms. The maximum atomic E-state index is 12.1. The second kappa shape index (κ2) is 9.04. The molecule has 0 atom stereocenters. The summed E-state index contributed by atoms with van der Waals surface area (Å²) in [6.07, 6.45) is 3.16. The quantitative estimate of drug-likeness (QED) is 0.449. The van der Waals surface area contributed by atoms with E-state index in [1.54, 1.807) is 30.3 Å². The number of benzene rings is 2. The van der Waals surface area contributed by atoms with E-state index in [-0.39, 0.29) is 29.7 Å². The third-order valence-corrected chi connectivity index (χ3v) is 4.51. The number of aromatic nitrogens is 1. The predicted octanol–water partition coefficient (Wildman–Crippen LogP) is 4.70. The van der Waals surface area contributed by atoms with E-state index in [2.05, 4.69) is 10.5 Å². The Balaban J connectivity index is 1.56. The van der Waals surface area contributed by atoms with Crippen molar-refractivity contribution in [3.8, 4) is 5.75 Å². The normalized spacial score (nSPS) is 10.9. The molecule has 0 aliphatic heterocycles. The van der Waals surface area contributed by atoms with E-state index in [1.165, 1.54) is 13.0 Å². The average molecular weight is 407 g/mol. The van der Waals surface area contributed by atoms with Crippen LogP contribution < -0.4 is 10.1 Å². The fourth-order valence-electron chi connectivity index (χ4n) is 2.73. The summed E-state index contributed by atoms with van der Waals surface area (Å²) in [6.45, 7) is 5.39. The fraction of sp³-hybridized carbons (Fsp3) is 0.182. The number of carbonyl (C=O) groups excluding carboxylic acids is 1. The lowest BCUT2D eigenvalue weighted by atomic mass is 10.1. The number of carbonyl (C=O) groups is 1. The van der Waals surface area contributed by atoms with Crippen molar-refractivity contribution in [2.24, 2.45) is 0 Å². The van der Waals surface area contributed by atoms with Gasteiger partial charge in [-0.1, -0.05) is 29.4 Å². The Kier molecular flexibility index (Phi) is 6.26. The largest absolute Gasteiger partial charge is 0.484 e. The van der Waals surface area contributed by atoms with Crippen molar-refractivity contribution in [3.63, 3.8) is 0 Å². The van der Waals surface area contributed by atoms with Crippen LogP contribution in [0, 0.1) is 30.9 Å². The van der Waals surface area contributed by atoms with Crippen molar-refractivity contribution < 1.29 is 19.0 Å². The van der Waals surface area contributed by atoms with E-state index in [4.69, 9.17) is 9.26 Å². The van der Waals surface area contributed by atoms with Gasteiger partial charge in [-0.05, 0) is 67.8 Å². The lowest BCUT2D eigenvalue weighted by molar-refractivity contribution is -0.386. The number of hydrogen-bond acceptors (Lipinski definition) is 6. The minimum absolute atomic E-state index is 0.0841. The van der Waals surface area contributed by atoms with Gasteiger partial charge in [-0.25, -0.2) is 0 Å². The van der Waals surface area contributed by atoms with Crippen LogP contribution in [0.3, 0.4) is 0 Å². The minimum Gasteiger partial charge on any atom is -0.484 e. The van der Waals surface area contributed by atoms with Crippen LogP contribution in [0.2, 0.25) is 0 Å². The number of anilines is 1. The summed E-state index contributed by atoms with van der Waals surface area (Å²) >= 11 is 0. The number of ether oxygens (including phenoxy) is 1. The van der Waals surface area contributed by atoms with Gasteiger partial charge in [0.2, 0.25) is 5.76 Å². The smallest absolute Gasteiger partial charge is 0.338 e. The average Bonchev–Trinajstić information content (AvgIpc) is 3.09. The highest BCUT2D eigenvalue weighted by Crippen LogP contribution is 2.25. The third kappa shape index (κ3) is 5.11. The molecule has 3 aromatic rings. The van der Waals surface area contributed by atoms with Crippen LogP contribution in [0.25, 0.3) is 12.2 Å². The molecule has 2 aromatic carbocycles. The van der Waals surface area contributed by atoms with Gasteiger partial charge in [0.15, 0.2) is 12.3 Å². The van der Waals surface area contributed by atoms with Gasteiger partial charge in [0.25, 0.3) is 5.91 Å². The topological polar surface area (TPSA) is 108 Å². The van der Waals surface area contributed by atoms with Crippen molar-refractivity contribution in [1.82, 2.24) is 5.16 Å². The number of nitrogens with zero attached hydrogens (tertiary/aromatic N) is 2. The molecule has 8 heteroatoms. The highest BCUT2D eigenvalue weighted by atomic mass is 16.6. The third-order valence-electron chi connectivity index (χ3n) is 4.51. The molecule has 0 spiro atoms. The highest BCUT2D eigenvalue weighted by molar-refractivity contribution is 5.92. The standard InChI is InChI=1S/C22H21N3O5/c1-14-4-8-18(12-15(14)2)23-21(26)13-29-19-9-5-17(6-10-19)7-11-20-22(25(27)28)16(3)24-30-20/h4-12H,13H2,1-3H3,(H,23,26)/b11-7+. The Hall–Kier alpha value is -3.94. The van der Waals surface area contributed by atoms with E-state index < -0.39 is 4.92 Å². The molecule has 3 rings (SSSR count).